The molecule has 0 aromatic heterocycles. The van der Waals surface area contributed by atoms with Crippen LogP contribution in [0.5, 0.6) is 0 Å². The molecule has 0 spiro atoms. The van der Waals surface area contributed by atoms with Crippen LogP contribution in [0, 0.1) is 11.3 Å². The van der Waals surface area contributed by atoms with E-state index in [4.69, 9.17) is 5.26 Å². The van der Waals surface area contributed by atoms with Gasteiger partial charge in [0, 0.05) is 69.9 Å². The molecule has 0 aliphatic carbocycles. The second kappa shape index (κ2) is 16.9. The van der Waals surface area contributed by atoms with Gasteiger partial charge in [0.25, 0.3) is 0 Å². The Bertz CT molecular complexity index is 433. The lowest BCUT2D eigenvalue weighted by Gasteiger charge is -2.37. The Morgan fingerprint density at radius 1 is 0.700 bits per heavy atom. The molecule has 0 atom stereocenters. The van der Waals surface area contributed by atoms with Gasteiger partial charge in [0.15, 0.2) is 0 Å². The van der Waals surface area contributed by atoms with E-state index in [0.29, 0.717) is 6.42 Å². The summed E-state index contributed by atoms with van der Waals surface area (Å²) in [5, 5.41) is 30.9. The molecule has 1 aliphatic rings. The summed E-state index contributed by atoms with van der Waals surface area (Å²) in [6.45, 7) is 16.7. The molecule has 0 amide bonds. The number of likely N-dealkylation sites (N-methyl/N-ethyl adjacent to an activating group) is 1. The lowest BCUT2D eigenvalue weighted by molar-refractivity contribution is 0.266. The van der Waals surface area contributed by atoms with Gasteiger partial charge >= 0.3 is 0 Å². The molecule has 0 aromatic carbocycles. The minimum absolute atomic E-state index is 0.0910. The van der Waals surface area contributed by atoms with E-state index in [-0.39, 0.29) is 11.1 Å². The molecule has 0 saturated carbocycles. The summed E-state index contributed by atoms with van der Waals surface area (Å²) in [5.41, 5.74) is 0.217. The zero-order valence-electron chi connectivity index (χ0n) is 20.0. The zero-order valence-corrected chi connectivity index (χ0v) is 20.0. The fourth-order valence-corrected chi connectivity index (χ4v) is 4.20. The summed E-state index contributed by atoms with van der Waals surface area (Å²) in [6.07, 6.45) is 7.48. The number of hydrogen-bond donors (Lipinski definition) is 6. The first kappa shape index (κ1) is 27.3. The Labute approximate surface area is 185 Å². The molecule has 0 aromatic rings. The Morgan fingerprint density at radius 2 is 1.17 bits per heavy atom. The van der Waals surface area contributed by atoms with Crippen LogP contribution in [0.25, 0.3) is 0 Å². The van der Waals surface area contributed by atoms with E-state index >= 15 is 0 Å². The van der Waals surface area contributed by atoms with Crippen molar-refractivity contribution in [2.75, 3.05) is 65.4 Å². The summed E-state index contributed by atoms with van der Waals surface area (Å²) in [7, 11) is 0. The van der Waals surface area contributed by atoms with E-state index in [1.165, 1.54) is 12.8 Å². The summed E-state index contributed by atoms with van der Waals surface area (Å²) in [5.74, 6) is 0. The fourth-order valence-electron chi connectivity index (χ4n) is 4.20. The van der Waals surface area contributed by atoms with Crippen molar-refractivity contribution in [3.8, 4) is 6.07 Å². The summed E-state index contributed by atoms with van der Waals surface area (Å²) >= 11 is 0. The van der Waals surface area contributed by atoms with Crippen LogP contribution in [0.3, 0.4) is 0 Å². The number of rotatable bonds is 11. The third-order valence-electron chi connectivity index (χ3n) is 6.43. The van der Waals surface area contributed by atoms with Crippen molar-refractivity contribution in [1.82, 2.24) is 31.9 Å². The summed E-state index contributed by atoms with van der Waals surface area (Å²) < 4.78 is 0. The highest BCUT2D eigenvalue weighted by molar-refractivity contribution is 4.93. The Morgan fingerprint density at radius 3 is 1.60 bits per heavy atom. The highest BCUT2D eigenvalue weighted by atomic mass is 15.1. The van der Waals surface area contributed by atoms with Gasteiger partial charge in [-0.15, -0.1) is 0 Å². The highest BCUT2D eigenvalue weighted by Crippen LogP contribution is 2.11. The number of nitrogens with zero attached hydrogens (tertiary/aromatic N) is 1. The van der Waals surface area contributed by atoms with Gasteiger partial charge in [0.1, 0.15) is 0 Å². The average Bonchev–Trinajstić information content (AvgIpc) is 2.76. The van der Waals surface area contributed by atoms with E-state index in [0.717, 1.165) is 91.1 Å². The van der Waals surface area contributed by atoms with Crippen LogP contribution in [0.15, 0.2) is 0 Å². The molecule has 7 heteroatoms. The van der Waals surface area contributed by atoms with Gasteiger partial charge in [-0.1, -0.05) is 33.6 Å². The van der Waals surface area contributed by atoms with Crippen molar-refractivity contribution in [3.63, 3.8) is 0 Å². The molecule has 176 valence electrons. The highest BCUT2D eigenvalue weighted by Gasteiger charge is 2.28. The Kier molecular flexibility index (Phi) is 15.4. The van der Waals surface area contributed by atoms with Crippen molar-refractivity contribution in [1.29, 1.82) is 5.26 Å². The second-order valence-corrected chi connectivity index (χ2v) is 8.75. The van der Waals surface area contributed by atoms with Crippen molar-refractivity contribution in [2.45, 2.75) is 76.8 Å². The minimum Gasteiger partial charge on any atom is -0.314 e. The van der Waals surface area contributed by atoms with E-state index in [1.54, 1.807) is 0 Å². The molecule has 30 heavy (non-hydrogen) atoms. The van der Waals surface area contributed by atoms with Crippen LogP contribution in [0.4, 0.5) is 0 Å². The maximum atomic E-state index is 8.64. The second-order valence-electron chi connectivity index (χ2n) is 8.75. The molecule has 0 bridgehead atoms. The minimum atomic E-state index is 0.0910. The largest absolute Gasteiger partial charge is 0.314 e. The lowest BCUT2D eigenvalue weighted by Crippen LogP contribution is -2.61. The molecular formula is C23H49N7. The number of unbranched alkanes of at least 4 members (excludes halogenated alkanes) is 4. The molecule has 1 rings (SSSR count). The van der Waals surface area contributed by atoms with Crippen molar-refractivity contribution >= 4 is 0 Å². The quantitative estimate of drug-likeness (QED) is 0.279. The van der Waals surface area contributed by atoms with Crippen LogP contribution in [0.2, 0.25) is 0 Å². The van der Waals surface area contributed by atoms with Gasteiger partial charge in [-0.05, 0) is 38.8 Å². The predicted octanol–water partition coefficient (Wildman–Crippen LogP) is 1.33. The number of nitriles is 1. The van der Waals surface area contributed by atoms with Gasteiger partial charge in [-0.25, -0.2) is 0 Å². The lowest BCUT2D eigenvalue weighted by atomic mass is 9.94. The normalized spacial score (nSPS) is 27.3. The molecule has 0 radical (unpaired) electrons. The molecule has 1 saturated heterocycles. The third kappa shape index (κ3) is 11.0. The first-order valence-electron chi connectivity index (χ1n) is 12.4. The van der Waals surface area contributed by atoms with Crippen molar-refractivity contribution in [3.05, 3.63) is 0 Å². The topological polar surface area (TPSA) is 96.0 Å². The van der Waals surface area contributed by atoms with Gasteiger partial charge in [-0.2, -0.15) is 5.26 Å². The molecule has 1 aliphatic heterocycles. The third-order valence-corrected chi connectivity index (χ3v) is 6.43. The van der Waals surface area contributed by atoms with Crippen LogP contribution < -0.4 is 31.9 Å². The average molecular weight is 424 g/mol. The van der Waals surface area contributed by atoms with Gasteiger partial charge < -0.3 is 31.9 Å². The molecule has 7 nitrogen and oxygen atoms in total. The molecule has 1 heterocycles. The van der Waals surface area contributed by atoms with Crippen LogP contribution in [0.1, 0.15) is 65.7 Å². The molecule has 1 fully saturated rings. The van der Waals surface area contributed by atoms with E-state index in [2.05, 4.69) is 58.7 Å². The monoisotopic (exact) mass is 423 g/mol. The maximum Gasteiger partial charge on any atom is 0.0621 e. The molecule has 0 unspecified atom stereocenters. The Hall–Kier alpha value is -0.750. The van der Waals surface area contributed by atoms with Crippen LogP contribution >= 0.6 is 0 Å². The first-order valence-corrected chi connectivity index (χ1v) is 12.4. The number of hydrogen-bond acceptors (Lipinski definition) is 7. The van der Waals surface area contributed by atoms with Gasteiger partial charge in [0.2, 0.25) is 0 Å². The van der Waals surface area contributed by atoms with Gasteiger partial charge in [-0.3, -0.25) is 0 Å². The molecular weight excluding hydrogens is 374 g/mol. The Balaban J connectivity index is 2.50. The SMILES string of the molecule is CCNC1(CC)CNCCNCC(CC)(NCCCCCCC#N)CNCCNC1. The first-order chi connectivity index (χ1) is 14.7. The predicted molar refractivity (Wildman–Crippen MR) is 128 cm³/mol. The van der Waals surface area contributed by atoms with Gasteiger partial charge in [0.05, 0.1) is 6.07 Å². The van der Waals surface area contributed by atoms with Crippen molar-refractivity contribution < 1.29 is 0 Å². The van der Waals surface area contributed by atoms with Crippen molar-refractivity contribution in [2.24, 2.45) is 0 Å². The van der Waals surface area contributed by atoms with Crippen LogP contribution in [-0.2, 0) is 0 Å². The van der Waals surface area contributed by atoms with E-state index in [1.807, 2.05) is 0 Å². The van der Waals surface area contributed by atoms with E-state index < -0.39 is 0 Å². The smallest absolute Gasteiger partial charge is 0.0621 e. The zero-order chi connectivity index (χ0) is 22.0. The summed E-state index contributed by atoms with van der Waals surface area (Å²) in [4.78, 5) is 0. The van der Waals surface area contributed by atoms with E-state index in [9.17, 15) is 0 Å². The molecule has 6 N–H and O–H groups in total. The van der Waals surface area contributed by atoms with Crippen LogP contribution in [-0.4, -0.2) is 76.5 Å². The fraction of sp³-hybridized carbons (Fsp3) is 0.957. The standard InChI is InChI=1S/C23H49N7/c1-4-22(29-6-3)18-25-14-16-27-20-23(5-2,21-28-17-15-26-19-22)30-13-11-9-7-8-10-12-24/h25-30H,4-11,13-21H2,1-3H3. The summed E-state index contributed by atoms with van der Waals surface area (Å²) in [6, 6.07) is 2.24. The maximum absolute atomic E-state index is 8.64. The number of nitrogens with one attached hydrogen (secondary N) is 6.